The van der Waals surface area contributed by atoms with Crippen LogP contribution >= 0.6 is 39.0 Å². The van der Waals surface area contributed by atoms with Crippen LogP contribution in [0.5, 0.6) is 11.5 Å². The van der Waals surface area contributed by atoms with Gasteiger partial charge in [0.25, 0.3) is 8.32 Å². The molecule has 0 saturated heterocycles. The van der Waals surface area contributed by atoms with Crippen molar-refractivity contribution >= 4 is 58.4 Å². The Morgan fingerprint density at radius 2 is 1.98 bits per heavy atom. The molecule has 0 fully saturated rings. The van der Waals surface area contributed by atoms with Gasteiger partial charge in [0.05, 0.1) is 18.4 Å². The second-order valence-electron chi connectivity index (χ2n) is 11.7. The van der Waals surface area contributed by atoms with Crippen molar-refractivity contribution in [3.8, 4) is 11.5 Å². The number of hydrogen-bond acceptors (Lipinski definition) is 10. The second-order valence-corrected chi connectivity index (χ2v) is 18.9. The molecule has 42 heavy (non-hydrogen) atoms. The van der Waals surface area contributed by atoms with E-state index in [1.165, 1.54) is 0 Å². The lowest BCUT2D eigenvalue weighted by Gasteiger charge is -2.43. The number of carboxylic acid groups (broad SMARTS) is 1. The number of aromatic carboxylic acids is 1. The molecule has 2 heterocycles. The van der Waals surface area contributed by atoms with Gasteiger partial charge < -0.3 is 24.1 Å². The average Bonchev–Trinajstić information content (AvgIpc) is 3.56. The molecule has 0 radical (unpaired) electrons. The first-order chi connectivity index (χ1) is 19.7. The van der Waals surface area contributed by atoms with E-state index < -0.39 is 14.3 Å². The highest BCUT2D eigenvalue weighted by atomic mass is 79.9. The van der Waals surface area contributed by atoms with E-state index in [0.717, 1.165) is 29.0 Å². The third-order valence-electron chi connectivity index (χ3n) is 8.19. The van der Waals surface area contributed by atoms with E-state index in [1.54, 1.807) is 44.1 Å². The summed E-state index contributed by atoms with van der Waals surface area (Å²) < 4.78 is 18.0. The van der Waals surface area contributed by atoms with E-state index >= 15 is 0 Å². The van der Waals surface area contributed by atoms with E-state index in [4.69, 9.17) is 18.7 Å². The lowest BCUT2D eigenvalue weighted by molar-refractivity contribution is 0.0694. The Bertz CT molecular complexity index is 1360. The Kier molecular flexibility index (Phi) is 11.9. The molecule has 0 bridgehead atoms. The number of benzene rings is 1. The van der Waals surface area contributed by atoms with Gasteiger partial charge in [-0.15, -0.1) is 11.3 Å². The van der Waals surface area contributed by atoms with Gasteiger partial charge in [-0.3, -0.25) is 0 Å². The predicted molar refractivity (Wildman–Crippen MR) is 177 cm³/mol. The quantitative estimate of drug-likeness (QED) is 0.112. The highest BCUT2D eigenvalue weighted by Gasteiger charge is 2.45. The third kappa shape index (κ3) is 8.09. The van der Waals surface area contributed by atoms with Crippen molar-refractivity contribution < 1.29 is 23.6 Å². The molecule has 0 aliphatic rings. The van der Waals surface area contributed by atoms with Crippen molar-refractivity contribution in [2.75, 3.05) is 23.5 Å². The van der Waals surface area contributed by atoms with Gasteiger partial charge in [-0.25, -0.2) is 9.78 Å². The number of rotatable bonds is 16. The lowest BCUT2D eigenvalue weighted by Crippen LogP contribution is -2.48. The van der Waals surface area contributed by atoms with Crippen LogP contribution in [0.3, 0.4) is 0 Å². The van der Waals surface area contributed by atoms with E-state index in [2.05, 4.69) is 77.6 Å². The fraction of sp³-hybridized carbons (Fsp3) is 0.586. The standard InChI is InChI=1S/C29H43BrN4O5S2Si/c1-17(2)29(5,6)42(8,9)39-24-13-23(37-7)18(3)25(27(35)36)21(24)15-40-16-22(26-31-19(4)34-38-26)33-28-32-20(14-41-28)11-10-12-30/h13-14,17,22H,10-12,15-16H2,1-9H3,(H,32,33)(H,35,36)/t22-/m0/s1. The molecule has 0 aliphatic heterocycles. The summed E-state index contributed by atoms with van der Waals surface area (Å²) in [5.41, 5.74) is 2.49. The van der Waals surface area contributed by atoms with Crippen molar-refractivity contribution in [1.82, 2.24) is 15.1 Å². The van der Waals surface area contributed by atoms with Crippen molar-refractivity contribution in [2.45, 2.75) is 84.3 Å². The highest BCUT2D eigenvalue weighted by Crippen LogP contribution is 2.47. The Labute approximate surface area is 266 Å². The van der Waals surface area contributed by atoms with Gasteiger partial charge in [-0.05, 0) is 50.7 Å². The number of carbonyl (C=O) groups is 1. The number of aryl methyl sites for hydroxylation is 2. The number of halogens is 1. The lowest BCUT2D eigenvalue weighted by atomic mass is 9.99. The molecule has 3 aromatic rings. The number of thioether (sulfide) groups is 1. The maximum Gasteiger partial charge on any atom is 0.336 e. The van der Waals surface area contributed by atoms with E-state index in [9.17, 15) is 9.90 Å². The molecule has 1 atom stereocenters. The van der Waals surface area contributed by atoms with Gasteiger partial charge in [0.15, 0.2) is 11.0 Å². The normalized spacial score (nSPS) is 12.9. The van der Waals surface area contributed by atoms with Crippen molar-refractivity contribution in [2.24, 2.45) is 5.92 Å². The Balaban J connectivity index is 1.93. The van der Waals surface area contributed by atoms with Gasteiger partial charge in [0.1, 0.15) is 17.5 Å². The molecule has 2 aromatic heterocycles. The SMILES string of the molecule is COc1cc(O[Si](C)(C)C(C)(C)C(C)C)c(CSC[C@H](Nc2nc(CCCBr)cs2)c2nc(C)no2)c(C(=O)O)c1C. The maximum atomic E-state index is 12.6. The number of nitrogens with one attached hydrogen (secondary N) is 1. The van der Waals surface area contributed by atoms with E-state index in [0.29, 0.717) is 51.8 Å². The molecule has 0 aliphatic carbocycles. The Morgan fingerprint density at radius 1 is 1.26 bits per heavy atom. The van der Waals surface area contributed by atoms with Gasteiger partial charge >= 0.3 is 5.97 Å². The van der Waals surface area contributed by atoms with Gasteiger partial charge in [0, 0.05) is 39.4 Å². The van der Waals surface area contributed by atoms with E-state index in [-0.39, 0.29) is 16.6 Å². The van der Waals surface area contributed by atoms with Crippen LogP contribution in [0.15, 0.2) is 16.0 Å². The molecular weight excluding hydrogens is 656 g/mol. The van der Waals surface area contributed by atoms with Crippen molar-refractivity contribution in [3.05, 3.63) is 45.5 Å². The summed E-state index contributed by atoms with van der Waals surface area (Å²) in [5.74, 6) is 2.42. The summed E-state index contributed by atoms with van der Waals surface area (Å²) in [6, 6.07) is 1.54. The van der Waals surface area contributed by atoms with Crippen LogP contribution < -0.4 is 14.5 Å². The molecule has 0 saturated carbocycles. The van der Waals surface area contributed by atoms with Gasteiger partial charge in [0.2, 0.25) is 5.89 Å². The van der Waals surface area contributed by atoms with Crippen LogP contribution in [-0.2, 0) is 12.2 Å². The van der Waals surface area contributed by atoms with Gasteiger partial charge in [-0.2, -0.15) is 16.7 Å². The maximum absolute atomic E-state index is 12.6. The fourth-order valence-electron chi connectivity index (χ4n) is 4.42. The number of aromatic nitrogens is 3. The fourth-order valence-corrected chi connectivity index (χ4v) is 8.95. The number of hydrogen-bond donors (Lipinski definition) is 2. The van der Waals surface area contributed by atoms with Crippen LogP contribution in [0.4, 0.5) is 5.13 Å². The smallest absolute Gasteiger partial charge is 0.336 e. The number of thiazole rings is 1. The topological polar surface area (TPSA) is 120 Å². The molecule has 232 valence electrons. The van der Waals surface area contributed by atoms with Crippen LogP contribution in [0.1, 0.15) is 79.1 Å². The minimum Gasteiger partial charge on any atom is -0.543 e. The number of alkyl halides is 1. The molecule has 3 rings (SSSR count). The van der Waals surface area contributed by atoms with Gasteiger partial charge in [-0.1, -0.05) is 48.8 Å². The largest absolute Gasteiger partial charge is 0.543 e. The highest BCUT2D eigenvalue weighted by molar-refractivity contribution is 9.09. The number of methoxy groups -OCH3 is 1. The van der Waals surface area contributed by atoms with Crippen molar-refractivity contribution in [3.63, 3.8) is 0 Å². The number of nitrogens with zero attached hydrogens (tertiary/aromatic N) is 3. The molecular formula is C29H43BrN4O5S2Si. The third-order valence-corrected chi connectivity index (χ3v) is 15.0. The molecule has 9 nitrogen and oxygen atoms in total. The number of anilines is 1. The summed E-state index contributed by atoms with van der Waals surface area (Å²) in [6.45, 7) is 16.8. The number of ether oxygens (including phenoxy) is 1. The molecule has 13 heteroatoms. The molecule has 0 spiro atoms. The molecule has 0 unspecified atom stereocenters. The van der Waals surface area contributed by atoms with Crippen LogP contribution in [0.25, 0.3) is 0 Å². The molecule has 0 amide bonds. The first-order valence-electron chi connectivity index (χ1n) is 14.0. The molecule has 1 aromatic carbocycles. The minimum absolute atomic E-state index is 0.0647. The van der Waals surface area contributed by atoms with Crippen LogP contribution in [0.2, 0.25) is 18.1 Å². The summed E-state index contributed by atoms with van der Waals surface area (Å²) in [4.78, 5) is 21.8. The second kappa shape index (κ2) is 14.6. The first-order valence-corrected chi connectivity index (χ1v) is 20.1. The minimum atomic E-state index is -2.36. The van der Waals surface area contributed by atoms with E-state index in [1.807, 2.05) is 6.07 Å². The summed E-state index contributed by atoms with van der Waals surface area (Å²) in [5, 5.41) is 21.5. The van der Waals surface area contributed by atoms with Crippen molar-refractivity contribution in [1.29, 1.82) is 0 Å². The summed E-state index contributed by atoms with van der Waals surface area (Å²) >= 11 is 6.60. The predicted octanol–water partition coefficient (Wildman–Crippen LogP) is 8.28. The Hall–Kier alpha value is -2.09. The zero-order valence-electron chi connectivity index (χ0n) is 26.0. The molecule has 2 N–H and O–H groups in total. The first kappa shape index (κ1) is 34.4. The summed E-state index contributed by atoms with van der Waals surface area (Å²) in [7, 11) is -0.805. The Morgan fingerprint density at radius 3 is 2.55 bits per heavy atom. The monoisotopic (exact) mass is 698 g/mol. The number of carboxylic acids is 1. The zero-order chi connectivity index (χ0) is 31.2. The summed E-state index contributed by atoms with van der Waals surface area (Å²) in [6.07, 6.45) is 1.91. The van der Waals surface area contributed by atoms with Crippen LogP contribution in [-0.4, -0.2) is 52.7 Å². The zero-order valence-corrected chi connectivity index (χ0v) is 30.2. The van der Waals surface area contributed by atoms with Crippen LogP contribution in [0, 0.1) is 19.8 Å². The average molecular weight is 700 g/mol.